The van der Waals surface area contributed by atoms with E-state index in [9.17, 15) is 4.79 Å². The van der Waals surface area contributed by atoms with Gasteiger partial charge in [0.05, 0.1) is 0 Å². The average Bonchev–Trinajstić information content (AvgIpc) is 3.15. The number of aryl methyl sites for hydroxylation is 2. The Bertz CT molecular complexity index is 881. The van der Waals surface area contributed by atoms with E-state index in [-0.39, 0.29) is 35.8 Å². The van der Waals surface area contributed by atoms with E-state index >= 15 is 0 Å². The van der Waals surface area contributed by atoms with Gasteiger partial charge < -0.3 is 16.0 Å². The Morgan fingerprint density at radius 3 is 2.82 bits per heavy atom. The molecule has 2 aromatic carbocycles. The number of nitrogens with zero attached hydrogens (tertiary/aromatic N) is 1. The maximum absolute atomic E-state index is 12.0. The number of nitrogens with one attached hydrogen (secondary N) is 3. The zero-order valence-electron chi connectivity index (χ0n) is 16.1. The number of halogens is 1. The van der Waals surface area contributed by atoms with Crippen LogP contribution in [0.4, 0.5) is 5.69 Å². The van der Waals surface area contributed by atoms with Crippen LogP contribution in [0.5, 0.6) is 0 Å². The summed E-state index contributed by atoms with van der Waals surface area (Å²) in [6, 6.07) is 14.8. The van der Waals surface area contributed by atoms with Crippen LogP contribution in [0.3, 0.4) is 0 Å². The zero-order valence-corrected chi connectivity index (χ0v) is 18.5. The van der Waals surface area contributed by atoms with Crippen molar-refractivity contribution in [3.8, 4) is 0 Å². The number of para-hydroxylation sites is 1. The van der Waals surface area contributed by atoms with Gasteiger partial charge in [-0.25, -0.2) is 0 Å². The third-order valence-corrected chi connectivity index (χ3v) is 5.47. The van der Waals surface area contributed by atoms with Gasteiger partial charge in [0.1, 0.15) is 0 Å². The molecule has 2 aliphatic rings. The van der Waals surface area contributed by atoms with Crippen LogP contribution in [-0.2, 0) is 24.2 Å². The second kappa shape index (κ2) is 9.41. The van der Waals surface area contributed by atoms with Crippen molar-refractivity contribution in [3.05, 3.63) is 64.7 Å². The average molecular weight is 490 g/mol. The van der Waals surface area contributed by atoms with Crippen LogP contribution in [0.1, 0.15) is 41.0 Å². The molecule has 5 nitrogen and oxygen atoms in total. The second-order valence-electron chi connectivity index (χ2n) is 7.30. The van der Waals surface area contributed by atoms with Crippen molar-refractivity contribution in [1.29, 1.82) is 0 Å². The molecule has 1 aliphatic carbocycles. The molecule has 2 aromatic rings. The first kappa shape index (κ1) is 20.6. The Morgan fingerprint density at radius 2 is 1.96 bits per heavy atom. The summed E-state index contributed by atoms with van der Waals surface area (Å²) in [5.74, 6) is 0.981. The molecule has 0 fully saturated rings. The largest absolute Gasteiger partial charge is 0.356 e. The van der Waals surface area contributed by atoms with Gasteiger partial charge >= 0.3 is 0 Å². The van der Waals surface area contributed by atoms with Crippen molar-refractivity contribution in [2.24, 2.45) is 4.99 Å². The van der Waals surface area contributed by atoms with Crippen molar-refractivity contribution in [2.45, 2.75) is 38.1 Å². The summed E-state index contributed by atoms with van der Waals surface area (Å²) in [7, 11) is 1.78. The van der Waals surface area contributed by atoms with E-state index in [1.807, 2.05) is 18.2 Å². The highest BCUT2D eigenvalue weighted by Crippen LogP contribution is 2.31. The Labute approximate surface area is 183 Å². The number of hydrogen-bond acceptors (Lipinski definition) is 2. The molecule has 4 rings (SSSR count). The van der Waals surface area contributed by atoms with Crippen molar-refractivity contribution >= 4 is 41.5 Å². The highest BCUT2D eigenvalue weighted by molar-refractivity contribution is 14.0. The number of guanidine groups is 1. The first-order valence-electron chi connectivity index (χ1n) is 9.67. The minimum absolute atomic E-state index is 0. The van der Waals surface area contributed by atoms with Gasteiger partial charge in [0.2, 0.25) is 5.91 Å². The molecule has 1 amide bonds. The lowest BCUT2D eigenvalue weighted by Gasteiger charge is -2.26. The maximum Gasteiger partial charge on any atom is 0.225 e. The molecule has 6 heteroatoms. The van der Waals surface area contributed by atoms with Crippen LogP contribution in [0, 0.1) is 0 Å². The number of carbonyl (C=O) groups excluding carboxylic acids is 1. The summed E-state index contributed by atoms with van der Waals surface area (Å²) >= 11 is 0. The van der Waals surface area contributed by atoms with Gasteiger partial charge in [0.25, 0.3) is 0 Å². The Hall–Kier alpha value is -2.09. The monoisotopic (exact) mass is 490 g/mol. The third kappa shape index (κ3) is 4.66. The molecule has 0 radical (unpaired) electrons. The number of hydrogen-bond donors (Lipinski definition) is 3. The van der Waals surface area contributed by atoms with Gasteiger partial charge in [-0.05, 0) is 47.6 Å². The van der Waals surface area contributed by atoms with E-state index in [0.717, 1.165) is 18.2 Å². The number of carbonyl (C=O) groups is 1. The highest BCUT2D eigenvalue weighted by atomic mass is 127. The highest BCUT2D eigenvalue weighted by Gasteiger charge is 2.24. The van der Waals surface area contributed by atoms with Crippen molar-refractivity contribution in [2.75, 3.05) is 18.9 Å². The molecule has 3 N–H and O–H groups in total. The molecule has 0 aromatic heterocycles. The van der Waals surface area contributed by atoms with Crippen molar-refractivity contribution in [1.82, 2.24) is 10.6 Å². The molecular formula is C22H27IN4O. The summed E-state index contributed by atoms with van der Waals surface area (Å²) in [5, 5.41) is 9.72. The summed E-state index contributed by atoms with van der Waals surface area (Å²) in [4.78, 5) is 16.3. The molecule has 28 heavy (non-hydrogen) atoms. The Kier molecular flexibility index (Phi) is 6.93. The Balaban J connectivity index is 0.00000225. The van der Waals surface area contributed by atoms with E-state index in [1.165, 1.54) is 41.5 Å². The quantitative estimate of drug-likeness (QED) is 0.349. The first-order valence-corrected chi connectivity index (χ1v) is 9.67. The lowest BCUT2D eigenvalue weighted by Crippen LogP contribution is -2.40. The van der Waals surface area contributed by atoms with Crippen molar-refractivity contribution in [3.63, 3.8) is 0 Å². The van der Waals surface area contributed by atoms with Gasteiger partial charge in [0.15, 0.2) is 5.96 Å². The number of fused-ring (bicyclic) bond motifs is 2. The summed E-state index contributed by atoms with van der Waals surface area (Å²) < 4.78 is 0. The Morgan fingerprint density at radius 1 is 1.14 bits per heavy atom. The molecule has 0 saturated carbocycles. The molecule has 1 atom stereocenters. The van der Waals surface area contributed by atoms with Crippen LogP contribution < -0.4 is 16.0 Å². The van der Waals surface area contributed by atoms with Gasteiger partial charge in [-0.3, -0.25) is 9.79 Å². The smallest absolute Gasteiger partial charge is 0.225 e. The van der Waals surface area contributed by atoms with Crippen LogP contribution in [0.2, 0.25) is 0 Å². The van der Waals surface area contributed by atoms with E-state index < -0.39 is 0 Å². The van der Waals surface area contributed by atoms with E-state index in [2.05, 4.69) is 45.2 Å². The fourth-order valence-electron chi connectivity index (χ4n) is 4.05. The zero-order chi connectivity index (χ0) is 18.6. The molecule has 1 unspecified atom stereocenters. The lowest BCUT2D eigenvalue weighted by atomic mass is 9.90. The topological polar surface area (TPSA) is 65.5 Å². The van der Waals surface area contributed by atoms with Crippen LogP contribution in [0.25, 0.3) is 0 Å². The minimum Gasteiger partial charge on any atom is -0.356 e. The molecule has 1 aliphatic heterocycles. The standard InChI is InChI=1S/C22H26N4O.HI/c1-23-22(24-13-15-9-10-16-5-4-6-17(16)11-15)25-14-18-12-21(27)26-20-8-3-2-7-19(18)20;/h2-3,7-11,18H,4-6,12-14H2,1H3,(H,26,27)(H2,23,24,25);1H. The lowest BCUT2D eigenvalue weighted by molar-refractivity contribution is -0.116. The summed E-state index contributed by atoms with van der Waals surface area (Å²) in [6.07, 6.45) is 4.17. The van der Waals surface area contributed by atoms with Crippen LogP contribution >= 0.6 is 24.0 Å². The number of amides is 1. The molecule has 0 spiro atoms. The molecule has 0 saturated heterocycles. The van der Waals surface area contributed by atoms with Gasteiger partial charge in [-0.2, -0.15) is 0 Å². The second-order valence-corrected chi connectivity index (χ2v) is 7.30. The van der Waals surface area contributed by atoms with Gasteiger partial charge in [0, 0.05) is 38.2 Å². The molecule has 148 valence electrons. The summed E-state index contributed by atoms with van der Waals surface area (Å²) in [5.41, 5.74) is 6.36. The number of rotatable bonds is 4. The number of anilines is 1. The van der Waals surface area contributed by atoms with Gasteiger partial charge in [-0.15, -0.1) is 24.0 Å². The maximum atomic E-state index is 12.0. The van der Waals surface area contributed by atoms with Crippen LogP contribution in [-0.4, -0.2) is 25.5 Å². The van der Waals surface area contributed by atoms with Crippen LogP contribution in [0.15, 0.2) is 47.5 Å². The third-order valence-electron chi connectivity index (χ3n) is 5.47. The van der Waals surface area contributed by atoms with E-state index in [4.69, 9.17) is 0 Å². The van der Waals surface area contributed by atoms with Crippen molar-refractivity contribution < 1.29 is 4.79 Å². The number of aliphatic imine (C=N–C) groups is 1. The number of benzene rings is 2. The van der Waals surface area contributed by atoms with E-state index in [0.29, 0.717) is 13.0 Å². The molecular weight excluding hydrogens is 463 g/mol. The SMILES string of the molecule is CN=C(NCc1ccc2c(c1)CCC2)NCC1CC(=O)Nc2ccccc21.I. The predicted octanol–water partition coefficient (Wildman–Crippen LogP) is 3.58. The normalized spacial score (nSPS) is 17.8. The van der Waals surface area contributed by atoms with Gasteiger partial charge in [-0.1, -0.05) is 36.4 Å². The fourth-order valence-corrected chi connectivity index (χ4v) is 4.05. The van der Waals surface area contributed by atoms with E-state index in [1.54, 1.807) is 7.05 Å². The fraction of sp³-hybridized carbons (Fsp3) is 0.364. The summed E-state index contributed by atoms with van der Waals surface area (Å²) in [6.45, 7) is 1.42. The predicted molar refractivity (Wildman–Crippen MR) is 125 cm³/mol. The molecule has 0 bridgehead atoms. The molecule has 1 heterocycles. The first-order chi connectivity index (χ1) is 13.2. The minimum atomic E-state index is 0.